The largest absolute Gasteiger partial charge is 0.459 e. The molecule has 84 valence electrons. The molecule has 0 aliphatic rings. The number of aromatic nitrogens is 1. The molecule has 0 aromatic carbocycles. The maximum Gasteiger partial charge on any atom is 0.286 e. The van der Waals surface area contributed by atoms with E-state index in [0.29, 0.717) is 18.7 Å². The lowest BCUT2D eigenvalue weighted by molar-refractivity contribution is 0.0926. The van der Waals surface area contributed by atoms with Gasteiger partial charge in [-0.3, -0.25) is 4.79 Å². The van der Waals surface area contributed by atoms with Crippen LogP contribution in [0, 0.1) is 6.92 Å². The third-order valence-corrected chi connectivity index (χ3v) is 2.08. The highest BCUT2D eigenvalue weighted by Crippen LogP contribution is 2.03. The van der Waals surface area contributed by atoms with Gasteiger partial charge in [-0.1, -0.05) is 5.16 Å². The number of nitrogens with one attached hydrogen (secondary N) is 1. The van der Waals surface area contributed by atoms with Crippen molar-refractivity contribution in [2.45, 2.75) is 13.3 Å². The van der Waals surface area contributed by atoms with Gasteiger partial charge in [0.15, 0.2) is 5.76 Å². The Hall–Kier alpha value is -2.04. The van der Waals surface area contributed by atoms with Gasteiger partial charge in [0.25, 0.3) is 5.91 Å². The molecule has 2 rings (SSSR count). The van der Waals surface area contributed by atoms with Gasteiger partial charge < -0.3 is 14.3 Å². The normalized spacial score (nSPS) is 10.3. The number of amides is 1. The summed E-state index contributed by atoms with van der Waals surface area (Å²) in [7, 11) is 0. The standard InChI is InChI=1S/C11H12N2O3/c1-8-7-9(16-13-8)4-5-12-11(14)10-3-2-6-15-10/h2-3,6-7H,4-5H2,1H3,(H,12,14). The molecule has 0 aliphatic carbocycles. The zero-order chi connectivity index (χ0) is 11.4. The fraction of sp³-hybridized carbons (Fsp3) is 0.273. The fourth-order valence-electron chi connectivity index (χ4n) is 1.33. The van der Waals surface area contributed by atoms with Crippen LogP contribution in [0.4, 0.5) is 0 Å². The van der Waals surface area contributed by atoms with E-state index in [-0.39, 0.29) is 5.91 Å². The first-order chi connectivity index (χ1) is 7.75. The van der Waals surface area contributed by atoms with Crippen molar-refractivity contribution in [2.75, 3.05) is 6.54 Å². The average molecular weight is 220 g/mol. The van der Waals surface area contributed by atoms with Gasteiger partial charge in [-0.05, 0) is 19.1 Å². The molecule has 16 heavy (non-hydrogen) atoms. The van der Waals surface area contributed by atoms with Crippen LogP contribution < -0.4 is 5.32 Å². The van der Waals surface area contributed by atoms with Gasteiger partial charge >= 0.3 is 0 Å². The highest BCUT2D eigenvalue weighted by molar-refractivity contribution is 5.91. The molecule has 0 unspecified atom stereocenters. The van der Waals surface area contributed by atoms with Crippen LogP contribution in [0.25, 0.3) is 0 Å². The molecule has 2 heterocycles. The van der Waals surface area contributed by atoms with Crippen LogP contribution in [-0.4, -0.2) is 17.6 Å². The van der Waals surface area contributed by atoms with Gasteiger partial charge in [0, 0.05) is 19.0 Å². The van der Waals surface area contributed by atoms with E-state index in [4.69, 9.17) is 8.94 Å². The van der Waals surface area contributed by atoms with E-state index < -0.39 is 0 Å². The smallest absolute Gasteiger partial charge is 0.286 e. The summed E-state index contributed by atoms with van der Waals surface area (Å²) in [5.74, 6) is 0.854. The van der Waals surface area contributed by atoms with Crippen molar-refractivity contribution in [2.24, 2.45) is 0 Å². The summed E-state index contributed by atoms with van der Waals surface area (Å²) < 4.78 is 9.97. The molecule has 5 heteroatoms. The van der Waals surface area contributed by atoms with Gasteiger partial charge in [0.2, 0.25) is 0 Å². The van der Waals surface area contributed by atoms with Gasteiger partial charge in [0.1, 0.15) is 5.76 Å². The molecule has 2 aromatic heterocycles. The Labute approximate surface area is 92.4 Å². The van der Waals surface area contributed by atoms with Crippen LogP contribution >= 0.6 is 0 Å². The monoisotopic (exact) mass is 220 g/mol. The predicted octanol–water partition coefficient (Wildman–Crippen LogP) is 1.55. The minimum absolute atomic E-state index is 0.221. The Balaban J connectivity index is 1.78. The molecule has 0 saturated heterocycles. The van der Waals surface area contributed by atoms with Crippen LogP contribution in [0.3, 0.4) is 0 Å². The maximum absolute atomic E-state index is 11.5. The molecule has 0 fully saturated rings. The first-order valence-electron chi connectivity index (χ1n) is 4.99. The van der Waals surface area contributed by atoms with Crippen molar-refractivity contribution >= 4 is 5.91 Å². The van der Waals surface area contributed by atoms with Gasteiger partial charge in [-0.25, -0.2) is 0 Å². The molecule has 0 bridgehead atoms. The number of rotatable bonds is 4. The second-order valence-electron chi connectivity index (χ2n) is 3.42. The lowest BCUT2D eigenvalue weighted by Gasteiger charge is -1.99. The first-order valence-corrected chi connectivity index (χ1v) is 4.99. The van der Waals surface area contributed by atoms with E-state index in [2.05, 4.69) is 10.5 Å². The zero-order valence-corrected chi connectivity index (χ0v) is 8.90. The molecule has 1 N–H and O–H groups in total. The van der Waals surface area contributed by atoms with Gasteiger partial charge in [0.05, 0.1) is 12.0 Å². The van der Waals surface area contributed by atoms with Crippen LogP contribution in [0.1, 0.15) is 22.0 Å². The lowest BCUT2D eigenvalue weighted by atomic mass is 10.3. The first kappa shape index (κ1) is 10.5. The van der Waals surface area contributed by atoms with Crippen LogP contribution in [0.2, 0.25) is 0 Å². The number of aryl methyl sites for hydroxylation is 1. The molecular weight excluding hydrogens is 208 g/mol. The summed E-state index contributed by atoms with van der Waals surface area (Å²) in [5.41, 5.74) is 0.840. The van der Waals surface area contributed by atoms with Crippen molar-refractivity contribution in [3.05, 3.63) is 41.7 Å². The molecule has 0 saturated carbocycles. The summed E-state index contributed by atoms with van der Waals surface area (Å²) in [6.45, 7) is 2.35. The number of carbonyl (C=O) groups is 1. The fourth-order valence-corrected chi connectivity index (χ4v) is 1.33. The average Bonchev–Trinajstić information content (AvgIpc) is 2.89. The third kappa shape index (κ3) is 2.50. The predicted molar refractivity (Wildman–Crippen MR) is 56.0 cm³/mol. The molecule has 1 amide bonds. The van der Waals surface area contributed by atoms with Crippen molar-refractivity contribution < 1.29 is 13.7 Å². The van der Waals surface area contributed by atoms with Crippen LogP contribution in [0.5, 0.6) is 0 Å². The van der Waals surface area contributed by atoms with E-state index in [1.165, 1.54) is 6.26 Å². The zero-order valence-electron chi connectivity index (χ0n) is 8.90. The van der Waals surface area contributed by atoms with Crippen LogP contribution in [-0.2, 0) is 6.42 Å². The maximum atomic E-state index is 11.5. The van der Waals surface area contributed by atoms with Crippen LogP contribution in [0.15, 0.2) is 33.4 Å². The number of hydrogen-bond donors (Lipinski definition) is 1. The van der Waals surface area contributed by atoms with E-state index in [0.717, 1.165) is 11.5 Å². The summed E-state index contributed by atoms with van der Waals surface area (Å²) in [5, 5.41) is 6.48. The van der Waals surface area contributed by atoms with Crippen molar-refractivity contribution in [3.63, 3.8) is 0 Å². The van der Waals surface area contributed by atoms with Crippen molar-refractivity contribution in [3.8, 4) is 0 Å². The number of hydrogen-bond acceptors (Lipinski definition) is 4. The molecule has 0 atom stereocenters. The van der Waals surface area contributed by atoms with Crippen molar-refractivity contribution in [1.29, 1.82) is 0 Å². The molecule has 0 radical (unpaired) electrons. The minimum atomic E-state index is -0.221. The van der Waals surface area contributed by atoms with E-state index in [1.54, 1.807) is 12.1 Å². The van der Waals surface area contributed by atoms with E-state index in [9.17, 15) is 4.79 Å². The third-order valence-electron chi connectivity index (χ3n) is 2.08. The van der Waals surface area contributed by atoms with Gasteiger partial charge in [-0.15, -0.1) is 0 Å². The van der Waals surface area contributed by atoms with E-state index >= 15 is 0 Å². The molecule has 5 nitrogen and oxygen atoms in total. The lowest BCUT2D eigenvalue weighted by Crippen LogP contribution is -2.25. The molecular formula is C11H12N2O3. The highest BCUT2D eigenvalue weighted by Gasteiger charge is 2.07. The Bertz CT molecular complexity index is 459. The van der Waals surface area contributed by atoms with E-state index in [1.807, 2.05) is 13.0 Å². The Kier molecular flexibility index (Phi) is 3.05. The molecule has 2 aromatic rings. The Morgan fingerprint density at radius 3 is 3.06 bits per heavy atom. The van der Waals surface area contributed by atoms with Crippen molar-refractivity contribution in [1.82, 2.24) is 10.5 Å². The summed E-state index contributed by atoms with van der Waals surface area (Å²) in [6.07, 6.45) is 2.09. The second kappa shape index (κ2) is 4.65. The summed E-state index contributed by atoms with van der Waals surface area (Å²) in [4.78, 5) is 11.5. The minimum Gasteiger partial charge on any atom is -0.459 e. The SMILES string of the molecule is Cc1cc(CCNC(=O)c2ccco2)on1. The molecule has 0 aliphatic heterocycles. The number of carbonyl (C=O) groups excluding carboxylic acids is 1. The van der Waals surface area contributed by atoms with Gasteiger partial charge in [-0.2, -0.15) is 0 Å². The number of nitrogens with zero attached hydrogens (tertiary/aromatic N) is 1. The Morgan fingerprint density at radius 1 is 1.56 bits per heavy atom. The Morgan fingerprint density at radius 2 is 2.44 bits per heavy atom. The summed E-state index contributed by atoms with van der Waals surface area (Å²) in [6, 6.07) is 5.14. The topological polar surface area (TPSA) is 68.3 Å². The number of furan rings is 1. The molecule has 0 spiro atoms. The highest BCUT2D eigenvalue weighted by atomic mass is 16.5. The summed E-state index contributed by atoms with van der Waals surface area (Å²) >= 11 is 0. The second-order valence-corrected chi connectivity index (χ2v) is 3.42. The quantitative estimate of drug-likeness (QED) is 0.848.